The summed E-state index contributed by atoms with van der Waals surface area (Å²) < 4.78 is 6.55. The fourth-order valence-corrected chi connectivity index (χ4v) is 2.60. The molecular formula is C14H12BrN3O2. The quantitative estimate of drug-likeness (QED) is 0.906. The van der Waals surface area contributed by atoms with Gasteiger partial charge < -0.3 is 15.4 Å². The molecule has 6 heteroatoms. The van der Waals surface area contributed by atoms with Gasteiger partial charge in [-0.05, 0) is 41.2 Å². The molecule has 1 aliphatic heterocycles. The van der Waals surface area contributed by atoms with E-state index in [1.807, 2.05) is 18.2 Å². The SMILES string of the molecule is CNC1C(=O)Nc2cc(Oc3cccnc3)c(Br)cc21. The van der Waals surface area contributed by atoms with Crippen LogP contribution in [0.3, 0.4) is 0 Å². The van der Waals surface area contributed by atoms with Crippen molar-refractivity contribution < 1.29 is 9.53 Å². The number of likely N-dealkylation sites (N-methyl/N-ethyl adjacent to an activating group) is 1. The van der Waals surface area contributed by atoms with Crippen molar-refractivity contribution in [3.63, 3.8) is 0 Å². The summed E-state index contributed by atoms with van der Waals surface area (Å²) in [4.78, 5) is 15.8. The molecule has 0 spiro atoms. The van der Waals surface area contributed by atoms with Gasteiger partial charge in [0, 0.05) is 23.5 Å². The van der Waals surface area contributed by atoms with Gasteiger partial charge in [0.2, 0.25) is 5.91 Å². The van der Waals surface area contributed by atoms with Crippen LogP contribution in [0.1, 0.15) is 11.6 Å². The molecule has 1 amide bonds. The summed E-state index contributed by atoms with van der Waals surface area (Å²) in [5.41, 5.74) is 1.67. The van der Waals surface area contributed by atoms with E-state index in [-0.39, 0.29) is 11.9 Å². The van der Waals surface area contributed by atoms with E-state index in [4.69, 9.17) is 4.74 Å². The van der Waals surface area contributed by atoms with Crippen LogP contribution in [0.5, 0.6) is 11.5 Å². The van der Waals surface area contributed by atoms with Crippen LogP contribution in [0.4, 0.5) is 5.69 Å². The summed E-state index contributed by atoms with van der Waals surface area (Å²) in [5, 5.41) is 5.82. The van der Waals surface area contributed by atoms with Gasteiger partial charge >= 0.3 is 0 Å². The van der Waals surface area contributed by atoms with Gasteiger partial charge in [0.1, 0.15) is 17.5 Å². The molecule has 1 unspecified atom stereocenters. The number of amides is 1. The molecule has 0 saturated heterocycles. The fraction of sp³-hybridized carbons (Fsp3) is 0.143. The number of nitrogens with one attached hydrogen (secondary N) is 2. The van der Waals surface area contributed by atoms with Crippen molar-refractivity contribution in [3.05, 3.63) is 46.7 Å². The molecule has 102 valence electrons. The summed E-state index contributed by atoms with van der Waals surface area (Å²) in [6.07, 6.45) is 3.32. The number of aromatic nitrogens is 1. The number of rotatable bonds is 3. The molecule has 3 rings (SSSR count). The van der Waals surface area contributed by atoms with E-state index in [9.17, 15) is 4.79 Å². The van der Waals surface area contributed by atoms with E-state index in [2.05, 4.69) is 31.5 Å². The van der Waals surface area contributed by atoms with Crippen LogP contribution in [-0.4, -0.2) is 17.9 Å². The van der Waals surface area contributed by atoms with Crippen molar-refractivity contribution in [2.24, 2.45) is 0 Å². The largest absolute Gasteiger partial charge is 0.454 e. The molecule has 0 aliphatic carbocycles. The number of anilines is 1. The molecule has 1 aromatic carbocycles. The minimum atomic E-state index is -0.325. The van der Waals surface area contributed by atoms with E-state index >= 15 is 0 Å². The predicted molar refractivity (Wildman–Crippen MR) is 78.9 cm³/mol. The number of ether oxygens (including phenoxy) is 1. The summed E-state index contributed by atoms with van der Waals surface area (Å²) in [7, 11) is 1.76. The number of hydrogen-bond acceptors (Lipinski definition) is 4. The third-order valence-electron chi connectivity index (χ3n) is 3.09. The molecule has 2 heterocycles. The van der Waals surface area contributed by atoms with Crippen molar-refractivity contribution >= 4 is 27.5 Å². The maximum absolute atomic E-state index is 11.8. The summed E-state index contributed by atoms with van der Waals surface area (Å²) in [5.74, 6) is 1.21. The Bertz CT molecular complexity index is 661. The monoisotopic (exact) mass is 333 g/mol. The standard InChI is InChI=1S/C14H12BrN3O2/c1-16-13-9-5-10(15)12(6-11(9)18-14(13)19)20-8-3-2-4-17-7-8/h2-7,13,16H,1H3,(H,18,19). The molecule has 0 fully saturated rings. The van der Waals surface area contributed by atoms with Crippen LogP contribution < -0.4 is 15.4 Å². The molecule has 1 aromatic heterocycles. The minimum absolute atomic E-state index is 0.0621. The Morgan fingerprint density at radius 2 is 2.30 bits per heavy atom. The Balaban J connectivity index is 1.96. The van der Waals surface area contributed by atoms with Crippen molar-refractivity contribution in [3.8, 4) is 11.5 Å². The highest BCUT2D eigenvalue weighted by atomic mass is 79.9. The fourth-order valence-electron chi connectivity index (χ4n) is 2.16. The lowest BCUT2D eigenvalue weighted by Gasteiger charge is -2.11. The number of benzene rings is 1. The molecule has 0 bridgehead atoms. The number of halogens is 1. The third kappa shape index (κ3) is 2.28. The van der Waals surface area contributed by atoms with Gasteiger partial charge in [0.25, 0.3) is 0 Å². The molecule has 20 heavy (non-hydrogen) atoms. The summed E-state index contributed by atoms with van der Waals surface area (Å²) in [6.45, 7) is 0. The Morgan fingerprint density at radius 1 is 1.45 bits per heavy atom. The highest BCUT2D eigenvalue weighted by Crippen LogP contribution is 2.39. The van der Waals surface area contributed by atoms with E-state index in [0.717, 1.165) is 15.7 Å². The number of carbonyl (C=O) groups is 1. The summed E-state index contributed by atoms with van der Waals surface area (Å²) >= 11 is 3.47. The second-order valence-corrected chi connectivity index (χ2v) is 5.23. The zero-order valence-electron chi connectivity index (χ0n) is 10.7. The van der Waals surface area contributed by atoms with E-state index in [0.29, 0.717) is 11.5 Å². The first kappa shape index (κ1) is 13.1. The van der Waals surface area contributed by atoms with Gasteiger partial charge in [0.05, 0.1) is 10.7 Å². The number of carbonyl (C=O) groups excluding carboxylic acids is 1. The van der Waals surface area contributed by atoms with Gasteiger partial charge in [-0.1, -0.05) is 0 Å². The van der Waals surface area contributed by atoms with Crippen LogP contribution in [0.2, 0.25) is 0 Å². The molecule has 2 aromatic rings. The lowest BCUT2D eigenvalue weighted by atomic mass is 10.1. The third-order valence-corrected chi connectivity index (χ3v) is 3.71. The second-order valence-electron chi connectivity index (χ2n) is 4.37. The molecule has 2 N–H and O–H groups in total. The summed E-state index contributed by atoms with van der Waals surface area (Å²) in [6, 6.07) is 6.99. The van der Waals surface area contributed by atoms with Crippen molar-refractivity contribution in [2.45, 2.75) is 6.04 Å². The maximum Gasteiger partial charge on any atom is 0.246 e. The number of nitrogens with zero attached hydrogens (tertiary/aromatic N) is 1. The number of fused-ring (bicyclic) bond motifs is 1. The zero-order chi connectivity index (χ0) is 14.1. The maximum atomic E-state index is 11.8. The highest BCUT2D eigenvalue weighted by molar-refractivity contribution is 9.10. The van der Waals surface area contributed by atoms with E-state index in [1.165, 1.54) is 0 Å². The topological polar surface area (TPSA) is 63.2 Å². The lowest BCUT2D eigenvalue weighted by Crippen LogP contribution is -2.23. The first-order valence-corrected chi connectivity index (χ1v) is 6.88. The molecule has 0 radical (unpaired) electrons. The van der Waals surface area contributed by atoms with Crippen LogP contribution >= 0.6 is 15.9 Å². The zero-order valence-corrected chi connectivity index (χ0v) is 12.3. The van der Waals surface area contributed by atoms with Crippen molar-refractivity contribution in [1.29, 1.82) is 0 Å². The van der Waals surface area contributed by atoms with Gasteiger partial charge in [-0.2, -0.15) is 0 Å². The molecule has 0 saturated carbocycles. The Labute approximate surface area is 124 Å². The van der Waals surface area contributed by atoms with Crippen molar-refractivity contribution in [1.82, 2.24) is 10.3 Å². The average molecular weight is 334 g/mol. The predicted octanol–water partition coefficient (Wildman–Crippen LogP) is 2.85. The average Bonchev–Trinajstić information content (AvgIpc) is 2.75. The van der Waals surface area contributed by atoms with E-state index in [1.54, 1.807) is 25.5 Å². The normalized spacial score (nSPS) is 16.7. The van der Waals surface area contributed by atoms with E-state index < -0.39 is 0 Å². The van der Waals surface area contributed by atoms with Crippen molar-refractivity contribution in [2.75, 3.05) is 12.4 Å². The van der Waals surface area contributed by atoms with Crippen LogP contribution in [0.15, 0.2) is 41.1 Å². The van der Waals surface area contributed by atoms with Crippen LogP contribution in [0.25, 0.3) is 0 Å². The first-order chi connectivity index (χ1) is 9.69. The Morgan fingerprint density at radius 3 is 3.00 bits per heavy atom. The molecule has 1 atom stereocenters. The van der Waals surface area contributed by atoms with Crippen LogP contribution in [-0.2, 0) is 4.79 Å². The first-order valence-electron chi connectivity index (χ1n) is 6.08. The van der Waals surface area contributed by atoms with Gasteiger partial charge in [-0.3, -0.25) is 9.78 Å². The lowest BCUT2D eigenvalue weighted by molar-refractivity contribution is -0.117. The minimum Gasteiger partial charge on any atom is -0.454 e. The number of hydrogen-bond donors (Lipinski definition) is 2. The van der Waals surface area contributed by atoms with Gasteiger partial charge in [-0.15, -0.1) is 0 Å². The molecule has 1 aliphatic rings. The molecular weight excluding hydrogens is 322 g/mol. The van der Waals surface area contributed by atoms with Crippen LogP contribution in [0, 0.1) is 0 Å². The van der Waals surface area contributed by atoms with Gasteiger partial charge in [-0.25, -0.2) is 0 Å². The molecule has 5 nitrogen and oxygen atoms in total. The Kier molecular flexibility index (Phi) is 3.42. The smallest absolute Gasteiger partial charge is 0.246 e. The Hall–Kier alpha value is -1.92. The second kappa shape index (κ2) is 5.22. The van der Waals surface area contributed by atoms with Gasteiger partial charge in [0.15, 0.2) is 0 Å². The highest BCUT2D eigenvalue weighted by Gasteiger charge is 2.30. The number of pyridine rings is 1.